The van der Waals surface area contributed by atoms with E-state index in [2.05, 4.69) is 20.7 Å². The molecule has 3 N–H and O–H groups in total. The van der Waals surface area contributed by atoms with E-state index in [4.69, 9.17) is 4.74 Å². The van der Waals surface area contributed by atoms with Crippen molar-refractivity contribution < 1.29 is 22.7 Å². The van der Waals surface area contributed by atoms with Crippen molar-refractivity contribution in [3.63, 3.8) is 0 Å². The second kappa shape index (κ2) is 6.37. The van der Waals surface area contributed by atoms with Gasteiger partial charge in [0.2, 0.25) is 17.7 Å². The Labute approximate surface area is 118 Å². The van der Waals surface area contributed by atoms with Crippen LogP contribution in [0, 0.1) is 0 Å². The minimum atomic E-state index is -4.63. The number of H-pyrrole nitrogens is 1. The summed E-state index contributed by atoms with van der Waals surface area (Å²) in [7, 11) is 0. The number of aromatic amines is 1. The van der Waals surface area contributed by atoms with Gasteiger partial charge in [-0.2, -0.15) is 18.2 Å². The summed E-state index contributed by atoms with van der Waals surface area (Å²) in [5.41, 5.74) is 0. The number of halogens is 4. The maximum Gasteiger partial charge on any atom is 0.451 e. The van der Waals surface area contributed by atoms with Crippen molar-refractivity contribution in [2.45, 2.75) is 25.2 Å². The Bertz CT molecular complexity index is 467. The van der Waals surface area contributed by atoms with Crippen molar-refractivity contribution in [1.82, 2.24) is 20.5 Å². The molecule has 0 bridgehead atoms. The highest BCUT2D eigenvalue weighted by atomic mass is 35.5. The highest BCUT2D eigenvalue weighted by Crippen LogP contribution is 2.26. The van der Waals surface area contributed by atoms with Crippen LogP contribution in [0.15, 0.2) is 0 Å². The van der Waals surface area contributed by atoms with Crippen LogP contribution in [0.3, 0.4) is 0 Å². The van der Waals surface area contributed by atoms with Gasteiger partial charge in [0, 0.05) is 6.54 Å². The fraction of sp³-hybridized carbons (Fsp3) is 0.667. The molecule has 2 rings (SSSR count). The van der Waals surface area contributed by atoms with E-state index in [1.165, 1.54) is 0 Å². The van der Waals surface area contributed by atoms with E-state index >= 15 is 0 Å². The first-order valence-corrected chi connectivity index (χ1v) is 5.53. The number of hydrogen-bond donors (Lipinski definition) is 3. The van der Waals surface area contributed by atoms with Crippen LogP contribution in [0.4, 0.5) is 19.1 Å². The van der Waals surface area contributed by atoms with Gasteiger partial charge in [0.1, 0.15) is 6.04 Å². The summed E-state index contributed by atoms with van der Waals surface area (Å²) in [5, 5.41) is 10.1. The highest BCUT2D eigenvalue weighted by molar-refractivity contribution is 5.93. The van der Waals surface area contributed by atoms with Crippen LogP contribution in [0.5, 0.6) is 0 Å². The molecule has 0 spiro atoms. The third-order valence-electron chi connectivity index (χ3n) is 2.59. The predicted molar refractivity (Wildman–Crippen MR) is 64.5 cm³/mol. The number of rotatable bonds is 2. The van der Waals surface area contributed by atoms with Crippen molar-refractivity contribution in [1.29, 1.82) is 0 Å². The molecule has 0 unspecified atom stereocenters. The molecule has 0 radical (unpaired) electrons. The Morgan fingerprint density at radius 2 is 2.20 bits per heavy atom. The SMILES string of the molecule is C[C@H]1OCCN[C@@H]1C(=O)Nc1n[nH]c(C(F)(F)F)n1.Cl. The minimum Gasteiger partial charge on any atom is -0.375 e. The van der Waals surface area contributed by atoms with Crippen LogP contribution < -0.4 is 10.6 Å². The number of carbonyl (C=O) groups is 1. The molecule has 0 aromatic carbocycles. The molecule has 11 heteroatoms. The molecule has 1 aromatic rings. The molecule has 1 aliphatic heterocycles. The number of alkyl halides is 3. The molecule has 1 aliphatic rings. The van der Waals surface area contributed by atoms with E-state index in [9.17, 15) is 18.0 Å². The molecular weight excluding hydrogens is 303 g/mol. The standard InChI is InChI=1S/C9H12F3N5O2.ClH/c1-4-5(13-2-3-19-4)6(18)14-8-15-7(16-17-8)9(10,11)12;/h4-5,13H,2-3H2,1H3,(H2,14,15,16,17,18);1H/t4-,5+;/m1./s1. The Morgan fingerprint density at radius 3 is 2.75 bits per heavy atom. The lowest BCUT2D eigenvalue weighted by Crippen LogP contribution is -2.53. The molecule has 0 aliphatic carbocycles. The zero-order valence-electron chi connectivity index (χ0n) is 10.3. The molecular formula is C9H13ClF3N5O2. The largest absolute Gasteiger partial charge is 0.451 e. The van der Waals surface area contributed by atoms with Crippen molar-refractivity contribution in [3.05, 3.63) is 5.82 Å². The fourth-order valence-corrected chi connectivity index (χ4v) is 1.66. The number of nitrogens with one attached hydrogen (secondary N) is 3. The third kappa shape index (κ3) is 3.81. The Hall–Kier alpha value is -1.39. The summed E-state index contributed by atoms with van der Waals surface area (Å²) >= 11 is 0. The van der Waals surface area contributed by atoms with Gasteiger partial charge < -0.3 is 10.1 Å². The van der Waals surface area contributed by atoms with Gasteiger partial charge in [0.25, 0.3) is 0 Å². The normalized spacial score (nSPS) is 23.0. The maximum atomic E-state index is 12.3. The Morgan fingerprint density at radius 1 is 1.50 bits per heavy atom. The van der Waals surface area contributed by atoms with Crippen molar-refractivity contribution in [2.24, 2.45) is 0 Å². The van der Waals surface area contributed by atoms with Crippen molar-refractivity contribution >= 4 is 24.3 Å². The summed E-state index contributed by atoms with van der Waals surface area (Å²) in [6.07, 6.45) is -5.01. The smallest absolute Gasteiger partial charge is 0.375 e. The number of hydrogen-bond acceptors (Lipinski definition) is 5. The first-order valence-electron chi connectivity index (χ1n) is 5.53. The quantitative estimate of drug-likeness (QED) is 0.742. The summed E-state index contributed by atoms with van der Waals surface area (Å²) in [5.74, 6) is -2.22. The van der Waals surface area contributed by atoms with Gasteiger partial charge in [-0.05, 0) is 6.92 Å². The summed E-state index contributed by atoms with van der Waals surface area (Å²) in [4.78, 5) is 15.0. The van der Waals surface area contributed by atoms with E-state index in [0.29, 0.717) is 13.2 Å². The van der Waals surface area contributed by atoms with Gasteiger partial charge in [-0.25, -0.2) is 0 Å². The third-order valence-corrected chi connectivity index (χ3v) is 2.59. The van der Waals surface area contributed by atoms with Gasteiger partial charge in [-0.3, -0.25) is 15.2 Å². The lowest BCUT2D eigenvalue weighted by molar-refractivity contribution is -0.144. The number of morpholine rings is 1. The molecule has 1 fully saturated rings. The van der Waals surface area contributed by atoms with Gasteiger partial charge in [-0.15, -0.1) is 17.5 Å². The number of carbonyl (C=O) groups excluding carboxylic acids is 1. The highest BCUT2D eigenvalue weighted by Gasteiger charge is 2.36. The van der Waals surface area contributed by atoms with Crippen LogP contribution in [0.1, 0.15) is 12.7 Å². The Balaban J connectivity index is 0.00000200. The van der Waals surface area contributed by atoms with E-state index in [0.717, 1.165) is 0 Å². The maximum absolute atomic E-state index is 12.3. The molecule has 1 aromatic heterocycles. The van der Waals surface area contributed by atoms with Crippen LogP contribution in [-0.4, -0.2) is 46.4 Å². The molecule has 7 nitrogen and oxygen atoms in total. The minimum absolute atomic E-state index is 0. The topological polar surface area (TPSA) is 91.9 Å². The van der Waals surface area contributed by atoms with Gasteiger partial charge >= 0.3 is 6.18 Å². The van der Waals surface area contributed by atoms with E-state index < -0.39 is 29.9 Å². The van der Waals surface area contributed by atoms with Gasteiger partial charge in [0.05, 0.1) is 12.7 Å². The lowest BCUT2D eigenvalue weighted by Gasteiger charge is -2.28. The second-order valence-electron chi connectivity index (χ2n) is 4.00. The average Bonchev–Trinajstić information content (AvgIpc) is 2.77. The number of aromatic nitrogens is 3. The fourth-order valence-electron chi connectivity index (χ4n) is 1.66. The molecule has 2 heterocycles. The van der Waals surface area contributed by atoms with Crippen LogP contribution in [-0.2, 0) is 15.7 Å². The van der Waals surface area contributed by atoms with E-state index in [1.54, 1.807) is 12.0 Å². The summed E-state index contributed by atoms with van der Waals surface area (Å²) in [6, 6.07) is -0.651. The lowest BCUT2D eigenvalue weighted by atomic mass is 10.1. The van der Waals surface area contributed by atoms with Crippen molar-refractivity contribution in [3.8, 4) is 0 Å². The predicted octanol–water partition coefficient (Wildman–Crippen LogP) is 0.561. The van der Waals surface area contributed by atoms with Gasteiger partial charge in [-0.1, -0.05) is 0 Å². The summed E-state index contributed by atoms with van der Waals surface area (Å²) < 4.78 is 42.1. The molecule has 1 amide bonds. The molecule has 114 valence electrons. The zero-order chi connectivity index (χ0) is 14.0. The molecule has 0 saturated carbocycles. The van der Waals surface area contributed by atoms with Crippen LogP contribution in [0.25, 0.3) is 0 Å². The Kier molecular flexibility index (Phi) is 5.31. The number of ether oxygens (including phenoxy) is 1. The molecule has 20 heavy (non-hydrogen) atoms. The average molecular weight is 316 g/mol. The monoisotopic (exact) mass is 315 g/mol. The van der Waals surface area contributed by atoms with Gasteiger partial charge in [0.15, 0.2) is 0 Å². The summed E-state index contributed by atoms with van der Waals surface area (Å²) in [6.45, 7) is 2.66. The molecule has 1 saturated heterocycles. The number of nitrogens with zero attached hydrogens (tertiary/aromatic N) is 2. The van der Waals surface area contributed by atoms with Crippen LogP contribution >= 0.6 is 12.4 Å². The van der Waals surface area contributed by atoms with Crippen LogP contribution in [0.2, 0.25) is 0 Å². The first-order chi connectivity index (χ1) is 8.88. The van der Waals surface area contributed by atoms with E-state index in [1.807, 2.05) is 0 Å². The first kappa shape index (κ1) is 16.7. The second-order valence-corrected chi connectivity index (χ2v) is 4.00. The zero-order valence-corrected chi connectivity index (χ0v) is 11.1. The van der Waals surface area contributed by atoms with E-state index in [-0.39, 0.29) is 18.5 Å². The molecule has 2 atom stereocenters. The number of amides is 1. The van der Waals surface area contributed by atoms with Crippen molar-refractivity contribution in [2.75, 3.05) is 18.5 Å². The number of anilines is 1.